The number of aromatic carboxylic acids is 1. The van der Waals surface area contributed by atoms with Crippen molar-refractivity contribution in [2.45, 2.75) is 12.8 Å². The number of rotatable bonds is 6. The van der Waals surface area contributed by atoms with E-state index in [1.54, 1.807) is 28.8 Å². The van der Waals surface area contributed by atoms with Gasteiger partial charge in [-0.25, -0.2) is 4.79 Å². The second kappa shape index (κ2) is 8.14. The number of carbonyl (C=O) groups excluding carboxylic acids is 1. The number of hydrogen-bond donors (Lipinski definition) is 3. The summed E-state index contributed by atoms with van der Waals surface area (Å²) in [5.41, 5.74) is 1.88. The molecule has 4 rings (SSSR count). The lowest BCUT2D eigenvalue weighted by Crippen LogP contribution is -2.25. The van der Waals surface area contributed by atoms with E-state index < -0.39 is 12.1 Å². The van der Waals surface area contributed by atoms with Gasteiger partial charge in [-0.3, -0.25) is 4.79 Å². The van der Waals surface area contributed by atoms with E-state index in [4.69, 9.17) is 5.11 Å². The molecule has 30 heavy (non-hydrogen) atoms. The molecule has 1 aromatic heterocycles. The molecule has 1 atom stereocenters. The fraction of sp³-hybridized carbons (Fsp3) is 0.0909. The van der Waals surface area contributed by atoms with Gasteiger partial charge in [-0.05, 0) is 52.2 Å². The van der Waals surface area contributed by atoms with Crippen molar-refractivity contribution in [2.75, 3.05) is 0 Å². The van der Waals surface area contributed by atoms with Gasteiger partial charge in [0.2, 0.25) is 0 Å². The number of carbonyl (C=O) groups is 2. The maximum absolute atomic E-state index is 12.4. The molecular weight excluding hydrogens is 384 g/mol. The highest BCUT2D eigenvalue weighted by Crippen LogP contribution is 2.26. The summed E-state index contributed by atoms with van der Waals surface area (Å²) in [4.78, 5) is 23.4. The first-order valence-electron chi connectivity index (χ1n) is 9.17. The summed E-state index contributed by atoms with van der Waals surface area (Å²) in [6, 6.07) is 17.0. The molecule has 1 unspecified atom stereocenters. The highest BCUT2D eigenvalue weighted by Gasteiger charge is 2.13. The molecule has 1 heterocycles. The Morgan fingerprint density at radius 3 is 2.20 bits per heavy atom. The molecule has 0 aliphatic carbocycles. The molecule has 3 N–H and O–H groups in total. The van der Waals surface area contributed by atoms with E-state index in [-0.39, 0.29) is 18.1 Å². The first-order valence-corrected chi connectivity index (χ1v) is 9.17. The predicted octanol–water partition coefficient (Wildman–Crippen LogP) is 2.60. The van der Waals surface area contributed by atoms with Gasteiger partial charge in [0, 0.05) is 5.56 Å². The van der Waals surface area contributed by atoms with Crippen LogP contribution < -0.4 is 5.32 Å². The number of aliphatic hydroxyl groups excluding tert-OH is 1. The standard InChI is InChI=1S/C22H18N4O4/c27-20(15-3-5-16(6-4-15)22(29)30)17-7-1-14-2-8-18(10-19(14)9-17)21(28)23-11-26-12-24-25-13-26/h1-10,12-13,20,27H,11H2,(H,23,28)(H,29,30). The largest absolute Gasteiger partial charge is 0.478 e. The Labute approximate surface area is 171 Å². The highest BCUT2D eigenvalue weighted by molar-refractivity contribution is 5.98. The first-order chi connectivity index (χ1) is 14.5. The second-order valence-corrected chi connectivity index (χ2v) is 6.79. The number of benzene rings is 3. The fourth-order valence-electron chi connectivity index (χ4n) is 3.15. The lowest BCUT2D eigenvalue weighted by atomic mass is 9.97. The van der Waals surface area contributed by atoms with Crippen molar-refractivity contribution in [3.05, 3.63) is 95.6 Å². The SMILES string of the molecule is O=C(O)c1ccc(C(O)c2ccc3ccc(C(=O)NCn4cnnc4)cc3c2)cc1. The second-order valence-electron chi connectivity index (χ2n) is 6.79. The molecule has 8 heteroatoms. The van der Waals surface area contributed by atoms with Crippen LogP contribution in [0.1, 0.15) is 37.9 Å². The van der Waals surface area contributed by atoms with Crippen molar-refractivity contribution in [3.63, 3.8) is 0 Å². The zero-order valence-electron chi connectivity index (χ0n) is 15.8. The molecule has 0 saturated carbocycles. The van der Waals surface area contributed by atoms with Gasteiger partial charge >= 0.3 is 5.97 Å². The molecule has 150 valence electrons. The molecule has 0 saturated heterocycles. The minimum atomic E-state index is -1.02. The van der Waals surface area contributed by atoms with Crippen LogP contribution in [0, 0.1) is 0 Å². The Bertz CT molecular complexity index is 1200. The number of nitrogens with one attached hydrogen (secondary N) is 1. The average Bonchev–Trinajstić information content (AvgIpc) is 3.30. The molecule has 0 bridgehead atoms. The lowest BCUT2D eigenvalue weighted by molar-refractivity contribution is 0.0696. The molecule has 1 amide bonds. The number of nitrogens with zero attached hydrogens (tertiary/aromatic N) is 3. The van der Waals surface area contributed by atoms with Crippen molar-refractivity contribution in [3.8, 4) is 0 Å². The van der Waals surface area contributed by atoms with Crippen molar-refractivity contribution < 1.29 is 19.8 Å². The van der Waals surface area contributed by atoms with Crippen LogP contribution in [-0.2, 0) is 6.67 Å². The van der Waals surface area contributed by atoms with Gasteiger partial charge in [0.25, 0.3) is 5.91 Å². The van der Waals surface area contributed by atoms with Gasteiger partial charge in [-0.2, -0.15) is 0 Å². The topological polar surface area (TPSA) is 117 Å². The van der Waals surface area contributed by atoms with Crippen molar-refractivity contribution in [2.24, 2.45) is 0 Å². The van der Waals surface area contributed by atoms with Crippen molar-refractivity contribution in [1.82, 2.24) is 20.1 Å². The summed E-state index contributed by atoms with van der Waals surface area (Å²) in [6.07, 6.45) is 2.11. The maximum Gasteiger partial charge on any atom is 0.335 e. The van der Waals surface area contributed by atoms with Crippen LogP contribution >= 0.6 is 0 Å². The van der Waals surface area contributed by atoms with Crippen molar-refractivity contribution >= 4 is 22.6 Å². The van der Waals surface area contributed by atoms with Gasteiger partial charge in [0.1, 0.15) is 18.8 Å². The van der Waals surface area contributed by atoms with Crippen molar-refractivity contribution in [1.29, 1.82) is 0 Å². The molecular formula is C22H18N4O4. The smallest absolute Gasteiger partial charge is 0.335 e. The van der Waals surface area contributed by atoms with Crippen LogP contribution in [0.5, 0.6) is 0 Å². The number of aromatic nitrogens is 3. The van der Waals surface area contributed by atoms with Crippen LogP contribution in [0.3, 0.4) is 0 Å². The van der Waals surface area contributed by atoms with Gasteiger partial charge < -0.3 is 20.1 Å². The third-order valence-electron chi connectivity index (χ3n) is 4.80. The highest BCUT2D eigenvalue weighted by atomic mass is 16.4. The molecule has 0 radical (unpaired) electrons. The van der Waals surface area contributed by atoms with Crippen LogP contribution in [0.25, 0.3) is 10.8 Å². The Morgan fingerprint density at radius 2 is 1.50 bits per heavy atom. The summed E-state index contributed by atoms with van der Waals surface area (Å²) in [7, 11) is 0. The van der Waals surface area contributed by atoms with E-state index in [1.807, 2.05) is 24.3 Å². The van der Waals surface area contributed by atoms with E-state index in [2.05, 4.69) is 15.5 Å². The molecule has 0 aliphatic rings. The zero-order valence-corrected chi connectivity index (χ0v) is 15.8. The van der Waals surface area contributed by atoms with E-state index in [0.717, 1.165) is 10.8 Å². The lowest BCUT2D eigenvalue weighted by Gasteiger charge is -2.13. The summed E-state index contributed by atoms with van der Waals surface area (Å²) in [5, 5.41) is 31.6. The Morgan fingerprint density at radius 1 is 0.867 bits per heavy atom. The van der Waals surface area contributed by atoms with Crippen LogP contribution in [0.4, 0.5) is 0 Å². The van der Waals surface area contributed by atoms with E-state index in [9.17, 15) is 14.7 Å². The van der Waals surface area contributed by atoms with E-state index in [1.165, 1.54) is 24.8 Å². The summed E-state index contributed by atoms with van der Waals surface area (Å²) < 4.78 is 1.64. The number of carboxylic acid groups (broad SMARTS) is 1. The third kappa shape index (κ3) is 4.03. The Hall–Kier alpha value is -4.04. The first kappa shape index (κ1) is 19.3. The van der Waals surface area contributed by atoms with Gasteiger partial charge in [0.05, 0.1) is 12.2 Å². The summed E-state index contributed by atoms with van der Waals surface area (Å²) in [5.74, 6) is -1.25. The molecule has 0 fully saturated rings. The average molecular weight is 402 g/mol. The quantitative estimate of drug-likeness (QED) is 0.456. The van der Waals surface area contributed by atoms with E-state index in [0.29, 0.717) is 16.7 Å². The Balaban J connectivity index is 1.56. The van der Waals surface area contributed by atoms with Crippen LogP contribution in [0.15, 0.2) is 73.3 Å². The molecule has 0 spiro atoms. The zero-order chi connectivity index (χ0) is 21.1. The molecule has 0 aliphatic heterocycles. The number of hydrogen-bond acceptors (Lipinski definition) is 5. The van der Waals surface area contributed by atoms with Gasteiger partial charge in [-0.15, -0.1) is 10.2 Å². The summed E-state index contributed by atoms with van der Waals surface area (Å²) in [6.45, 7) is 0.259. The van der Waals surface area contributed by atoms with Gasteiger partial charge in [-0.1, -0.05) is 30.3 Å². The molecule has 3 aromatic carbocycles. The third-order valence-corrected chi connectivity index (χ3v) is 4.80. The number of fused-ring (bicyclic) bond motifs is 1. The minimum absolute atomic E-state index is 0.159. The number of amides is 1. The number of aliphatic hydroxyl groups is 1. The van der Waals surface area contributed by atoms with E-state index >= 15 is 0 Å². The fourth-order valence-corrected chi connectivity index (χ4v) is 3.15. The normalized spacial score (nSPS) is 11.9. The van der Waals surface area contributed by atoms with Crippen LogP contribution in [-0.4, -0.2) is 36.9 Å². The van der Waals surface area contributed by atoms with Crippen LogP contribution in [0.2, 0.25) is 0 Å². The predicted molar refractivity (Wildman–Crippen MR) is 109 cm³/mol. The number of carboxylic acids is 1. The maximum atomic E-state index is 12.4. The summed E-state index contributed by atoms with van der Waals surface area (Å²) >= 11 is 0. The minimum Gasteiger partial charge on any atom is -0.478 e. The Kier molecular flexibility index (Phi) is 5.23. The molecule has 8 nitrogen and oxygen atoms in total. The van der Waals surface area contributed by atoms with Gasteiger partial charge in [0.15, 0.2) is 0 Å². The molecule has 4 aromatic rings. The monoisotopic (exact) mass is 402 g/mol.